The van der Waals surface area contributed by atoms with Gasteiger partial charge in [0.15, 0.2) is 0 Å². The van der Waals surface area contributed by atoms with Crippen molar-refractivity contribution in [3.8, 4) is 5.75 Å². The first-order valence-corrected chi connectivity index (χ1v) is 4.62. The Morgan fingerprint density at radius 2 is 2.06 bits per heavy atom. The highest BCUT2D eigenvalue weighted by molar-refractivity contribution is 5.89. The summed E-state index contributed by atoms with van der Waals surface area (Å²) in [6, 6.07) is 7.22. The fourth-order valence-electron chi connectivity index (χ4n) is 1.38. The molecule has 0 spiro atoms. The highest BCUT2D eigenvalue weighted by Crippen LogP contribution is 2.25. The van der Waals surface area contributed by atoms with E-state index in [1.807, 2.05) is 12.1 Å². The lowest BCUT2D eigenvalue weighted by molar-refractivity contribution is -0.142. The highest BCUT2D eigenvalue weighted by Gasteiger charge is 2.24. The molecule has 1 aliphatic rings. The monoisotopic (exact) mass is 219 g/mol. The molecule has 1 amide bonds. The SMILES string of the molecule is NC(=O)OC(=O)C1C=Cc2ccccc2O1. The molecule has 1 unspecified atom stereocenters. The molecule has 0 saturated carbocycles. The lowest BCUT2D eigenvalue weighted by Gasteiger charge is -2.18. The van der Waals surface area contributed by atoms with Gasteiger partial charge >= 0.3 is 12.1 Å². The summed E-state index contributed by atoms with van der Waals surface area (Å²) < 4.78 is 9.55. The summed E-state index contributed by atoms with van der Waals surface area (Å²) in [4.78, 5) is 21.7. The normalized spacial score (nSPS) is 17.1. The summed E-state index contributed by atoms with van der Waals surface area (Å²) in [6.07, 6.45) is 1.17. The van der Waals surface area contributed by atoms with Crippen LogP contribution in [0.4, 0.5) is 4.79 Å². The molecule has 0 aromatic heterocycles. The van der Waals surface area contributed by atoms with E-state index >= 15 is 0 Å². The minimum atomic E-state index is -1.14. The molecule has 2 N–H and O–H groups in total. The van der Waals surface area contributed by atoms with Gasteiger partial charge in [-0.05, 0) is 12.1 Å². The lowest BCUT2D eigenvalue weighted by Crippen LogP contribution is -2.32. The summed E-state index contributed by atoms with van der Waals surface area (Å²) >= 11 is 0. The van der Waals surface area contributed by atoms with Crippen molar-refractivity contribution in [1.82, 2.24) is 0 Å². The van der Waals surface area contributed by atoms with Crippen molar-refractivity contribution in [3.05, 3.63) is 35.9 Å². The molecule has 1 heterocycles. The van der Waals surface area contributed by atoms with Crippen molar-refractivity contribution < 1.29 is 19.1 Å². The first kappa shape index (κ1) is 10.2. The molecule has 5 heteroatoms. The van der Waals surface area contributed by atoms with Gasteiger partial charge in [-0.3, -0.25) is 0 Å². The average molecular weight is 219 g/mol. The van der Waals surface area contributed by atoms with Gasteiger partial charge in [-0.15, -0.1) is 0 Å². The van der Waals surface area contributed by atoms with Crippen LogP contribution in [-0.2, 0) is 9.53 Å². The summed E-state index contributed by atoms with van der Waals surface area (Å²) in [5.74, 6) is -0.255. The number of esters is 1. The van der Waals surface area contributed by atoms with Crippen molar-refractivity contribution in [2.24, 2.45) is 5.73 Å². The molecule has 0 saturated heterocycles. The number of nitrogens with two attached hydrogens (primary N) is 1. The van der Waals surface area contributed by atoms with Crippen molar-refractivity contribution in [2.45, 2.75) is 6.10 Å². The zero-order valence-electron chi connectivity index (χ0n) is 8.25. The Morgan fingerprint density at radius 3 is 2.81 bits per heavy atom. The molecular formula is C11H9NO4. The minimum Gasteiger partial charge on any atom is -0.474 e. The van der Waals surface area contributed by atoms with Crippen LogP contribution in [0.15, 0.2) is 30.3 Å². The number of carbonyl (C=O) groups excluding carboxylic acids is 2. The third-order valence-electron chi connectivity index (χ3n) is 2.06. The number of amides is 1. The Hall–Kier alpha value is -2.30. The highest BCUT2D eigenvalue weighted by atomic mass is 16.6. The molecule has 1 aromatic carbocycles. The van der Waals surface area contributed by atoms with E-state index in [1.54, 1.807) is 18.2 Å². The standard InChI is InChI=1S/C11H9NO4/c12-11(14)16-10(13)9-6-5-7-3-1-2-4-8(7)15-9/h1-6,9H,(H2,12,14). The fourth-order valence-corrected chi connectivity index (χ4v) is 1.38. The Kier molecular flexibility index (Phi) is 2.59. The Balaban J connectivity index is 2.14. The van der Waals surface area contributed by atoms with Gasteiger partial charge in [-0.2, -0.15) is 0 Å². The Bertz CT molecular complexity index is 467. The molecule has 82 valence electrons. The first-order valence-electron chi connectivity index (χ1n) is 4.62. The average Bonchev–Trinajstić information content (AvgIpc) is 2.27. The number of hydrogen-bond acceptors (Lipinski definition) is 4. The summed E-state index contributed by atoms with van der Waals surface area (Å²) in [6.45, 7) is 0. The molecule has 1 atom stereocenters. The van der Waals surface area contributed by atoms with Crippen LogP contribution in [0.3, 0.4) is 0 Å². The number of rotatable bonds is 1. The minimum absolute atomic E-state index is 0.566. The molecule has 0 fully saturated rings. The van der Waals surface area contributed by atoms with Crippen molar-refractivity contribution in [2.75, 3.05) is 0 Å². The number of para-hydroxylation sites is 1. The van der Waals surface area contributed by atoms with E-state index < -0.39 is 18.2 Å². The van der Waals surface area contributed by atoms with Crippen LogP contribution in [0.25, 0.3) is 6.08 Å². The topological polar surface area (TPSA) is 78.6 Å². The molecule has 0 bridgehead atoms. The Morgan fingerprint density at radius 1 is 1.31 bits per heavy atom. The van der Waals surface area contributed by atoms with E-state index in [4.69, 9.17) is 10.5 Å². The van der Waals surface area contributed by atoms with Crippen LogP contribution >= 0.6 is 0 Å². The summed E-state index contributed by atoms with van der Waals surface area (Å²) in [7, 11) is 0. The van der Waals surface area contributed by atoms with Crippen LogP contribution < -0.4 is 10.5 Å². The number of ether oxygens (including phenoxy) is 2. The number of hydrogen-bond donors (Lipinski definition) is 1. The van der Waals surface area contributed by atoms with E-state index in [2.05, 4.69) is 4.74 Å². The zero-order chi connectivity index (χ0) is 11.5. The van der Waals surface area contributed by atoms with Crippen LogP contribution in [0.2, 0.25) is 0 Å². The molecule has 0 radical (unpaired) electrons. The van der Waals surface area contributed by atoms with Gasteiger partial charge in [0.1, 0.15) is 5.75 Å². The third kappa shape index (κ3) is 2.03. The second kappa shape index (κ2) is 4.06. The van der Waals surface area contributed by atoms with Gasteiger partial charge in [-0.25, -0.2) is 9.59 Å². The van der Waals surface area contributed by atoms with E-state index in [-0.39, 0.29) is 0 Å². The van der Waals surface area contributed by atoms with Crippen molar-refractivity contribution >= 4 is 18.1 Å². The third-order valence-corrected chi connectivity index (χ3v) is 2.06. The van der Waals surface area contributed by atoms with Gasteiger partial charge in [-0.1, -0.05) is 24.3 Å². The lowest BCUT2D eigenvalue weighted by atomic mass is 10.1. The molecule has 16 heavy (non-hydrogen) atoms. The van der Waals surface area contributed by atoms with Crippen molar-refractivity contribution in [3.63, 3.8) is 0 Å². The predicted octanol–water partition coefficient (Wildman–Crippen LogP) is 1.08. The van der Waals surface area contributed by atoms with E-state index in [0.717, 1.165) is 5.56 Å². The van der Waals surface area contributed by atoms with Crippen LogP contribution in [0.1, 0.15) is 5.56 Å². The van der Waals surface area contributed by atoms with E-state index in [9.17, 15) is 9.59 Å². The molecule has 2 rings (SSSR count). The zero-order valence-corrected chi connectivity index (χ0v) is 8.25. The van der Waals surface area contributed by atoms with Gasteiger partial charge in [0, 0.05) is 5.56 Å². The fraction of sp³-hybridized carbons (Fsp3) is 0.0909. The molecular weight excluding hydrogens is 210 g/mol. The predicted molar refractivity (Wildman–Crippen MR) is 55.6 cm³/mol. The molecule has 1 aliphatic heterocycles. The van der Waals surface area contributed by atoms with Gasteiger partial charge in [0.25, 0.3) is 0 Å². The second-order valence-electron chi connectivity index (χ2n) is 3.18. The molecule has 5 nitrogen and oxygen atoms in total. The summed E-state index contributed by atoms with van der Waals surface area (Å²) in [5, 5.41) is 0. The van der Waals surface area contributed by atoms with Crippen molar-refractivity contribution in [1.29, 1.82) is 0 Å². The largest absolute Gasteiger partial charge is 0.474 e. The van der Waals surface area contributed by atoms with Gasteiger partial charge < -0.3 is 15.2 Å². The number of benzene rings is 1. The number of primary amides is 1. The maximum Gasteiger partial charge on any atom is 0.412 e. The van der Waals surface area contributed by atoms with Crippen LogP contribution in [0, 0.1) is 0 Å². The maximum absolute atomic E-state index is 11.3. The second-order valence-corrected chi connectivity index (χ2v) is 3.18. The number of carbonyl (C=O) groups is 2. The van der Waals surface area contributed by atoms with Gasteiger partial charge in [0.05, 0.1) is 0 Å². The Labute approximate surface area is 91.5 Å². The smallest absolute Gasteiger partial charge is 0.412 e. The van der Waals surface area contributed by atoms with E-state index in [1.165, 1.54) is 6.08 Å². The molecule has 0 aliphatic carbocycles. The van der Waals surface area contributed by atoms with Gasteiger partial charge in [0.2, 0.25) is 6.10 Å². The maximum atomic E-state index is 11.3. The quantitative estimate of drug-likeness (QED) is 0.566. The first-order chi connectivity index (χ1) is 7.66. The van der Waals surface area contributed by atoms with Crippen LogP contribution in [-0.4, -0.2) is 18.2 Å². The van der Waals surface area contributed by atoms with E-state index in [0.29, 0.717) is 5.75 Å². The summed E-state index contributed by atoms with van der Waals surface area (Å²) in [5.41, 5.74) is 5.60. The van der Waals surface area contributed by atoms with Crippen LogP contribution in [0.5, 0.6) is 5.75 Å². The number of fused-ring (bicyclic) bond motifs is 1. The molecule has 1 aromatic rings.